The van der Waals surface area contributed by atoms with Gasteiger partial charge in [-0.1, -0.05) is 17.7 Å². The lowest BCUT2D eigenvalue weighted by molar-refractivity contribution is 0.788. The second-order valence-corrected chi connectivity index (χ2v) is 5.47. The zero-order chi connectivity index (χ0) is 12.5. The first kappa shape index (κ1) is 12.0. The van der Waals surface area contributed by atoms with Crippen LogP contribution in [0.4, 0.5) is 0 Å². The van der Waals surface area contributed by atoms with Crippen LogP contribution in [0.3, 0.4) is 0 Å². The van der Waals surface area contributed by atoms with Crippen molar-refractivity contribution in [1.29, 1.82) is 0 Å². The minimum atomic E-state index is 0.365. The van der Waals surface area contributed by atoms with Gasteiger partial charge in [0.2, 0.25) is 0 Å². The number of aromatic nitrogens is 3. The lowest BCUT2D eigenvalue weighted by Gasteiger charge is -2.06. The molecule has 0 amide bonds. The van der Waals surface area contributed by atoms with Crippen LogP contribution in [0.5, 0.6) is 0 Å². The average molecular weight is 298 g/mol. The summed E-state index contributed by atoms with van der Waals surface area (Å²) in [5.74, 6) is 1.19. The molecule has 6 heteroatoms. The molecule has 0 saturated heterocycles. The van der Waals surface area contributed by atoms with Gasteiger partial charge in [-0.25, -0.2) is 4.98 Å². The fourth-order valence-electron chi connectivity index (χ4n) is 1.94. The smallest absolute Gasteiger partial charge is 0.125 e. The van der Waals surface area contributed by atoms with E-state index in [1.807, 2.05) is 29.9 Å². The molecule has 0 unspecified atom stereocenters. The van der Waals surface area contributed by atoms with Crippen molar-refractivity contribution in [2.45, 2.75) is 12.4 Å². The summed E-state index contributed by atoms with van der Waals surface area (Å²) in [4.78, 5) is 9.74. The van der Waals surface area contributed by atoms with Crippen LogP contribution in [0.1, 0.15) is 10.7 Å². The Morgan fingerprint density at radius 2 is 2.22 bits per heavy atom. The van der Waals surface area contributed by atoms with E-state index in [0.29, 0.717) is 17.4 Å². The Hall–Kier alpha value is -1.10. The zero-order valence-corrected chi connectivity index (χ0v) is 11.6. The molecule has 0 aliphatic carbocycles. The van der Waals surface area contributed by atoms with E-state index in [4.69, 9.17) is 23.2 Å². The Kier molecular flexibility index (Phi) is 3.24. The Morgan fingerprint density at radius 3 is 2.94 bits per heavy atom. The van der Waals surface area contributed by atoms with E-state index < -0.39 is 0 Å². The topological polar surface area (TPSA) is 30.7 Å². The summed E-state index contributed by atoms with van der Waals surface area (Å²) in [6, 6.07) is 5.71. The second kappa shape index (κ2) is 4.88. The molecule has 0 N–H and O–H groups in total. The second-order valence-electron chi connectivity index (χ2n) is 3.82. The quantitative estimate of drug-likeness (QED) is 0.686. The van der Waals surface area contributed by atoms with Crippen LogP contribution in [0.25, 0.3) is 11.0 Å². The largest absolute Gasteiger partial charge is 0.320 e. The number of fused-ring (bicyclic) bond motifs is 1. The van der Waals surface area contributed by atoms with E-state index in [1.165, 1.54) is 0 Å². The summed E-state index contributed by atoms with van der Waals surface area (Å²) >= 11 is 13.8. The lowest BCUT2D eigenvalue weighted by Crippen LogP contribution is -2.02. The normalized spacial score (nSPS) is 11.2. The van der Waals surface area contributed by atoms with Crippen molar-refractivity contribution in [3.05, 3.63) is 45.6 Å². The Labute approximate surface area is 118 Å². The van der Waals surface area contributed by atoms with Gasteiger partial charge in [-0.05, 0) is 12.1 Å². The molecule has 3 rings (SSSR count). The maximum atomic E-state index is 6.26. The number of para-hydroxylation sites is 1. The number of nitrogens with zero attached hydrogens (tertiary/aromatic N) is 3. The van der Waals surface area contributed by atoms with Crippen molar-refractivity contribution in [1.82, 2.24) is 14.5 Å². The van der Waals surface area contributed by atoms with Gasteiger partial charge >= 0.3 is 0 Å². The van der Waals surface area contributed by atoms with Crippen LogP contribution >= 0.6 is 34.5 Å². The fourth-order valence-corrected chi connectivity index (χ4v) is 3.00. The molecule has 0 bridgehead atoms. The van der Waals surface area contributed by atoms with Crippen LogP contribution < -0.4 is 0 Å². The molecule has 1 aromatic carbocycles. The maximum absolute atomic E-state index is 6.26. The minimum Gasteiger partial charge on any atom is -0.320 e. The van der Waals surface area contributed by atoms with Crippen molar-refractivity contribution in [3.63, 3.8) is 0 Å². The highest BCUT2D eigenvalue weighted by atomic mass is 35.5. The highest BCUT2D eigenvalue weighted by molar-refractivity contribution is 7.09. The Balaban J connectivity index is 2.19. The first-order valence-corrected chi connectivity index (χ1v) is 7.16. The number of rotatable bonds is 3. The number of hydrogen-bond donors (Lipinski definition) is 0. The van der Waals surface area contributed by atoms with Gasteiger partial charge in [0.1, 0.15) is 5.82 Å². The van der Waals surface area contributed by atoms with Gasteiger partial charge < -0.3 is 4.57 Å². The predicted octanol–water partition coefficient (Wildman–Crippen LogP) is 3.93. The van der Waals surface area contributed by atoms with Gasteiger partial charge in [-0.3, -0.25) is 4.98 Å². The molecule has 3 nitrogen and oxygen atoms in total. The van der Waals surface area contributed by atoms with E-state index in [2.05, 4.69) is 14.5 Å². The summed E-state index contributed by atoms with van der Waals surface area (Å²) in [6.07, 6.45) is 1.85. The molecule has 0 atom stereocenters. The zero-order valence-electron chi connectivity index (χ0n) is 9.31. The highest BCUT2D eigenvalue weighted by Crippen LogP contribution is 2.26. The molecule has 0 radical (unpaired) electrons. The van der Waals surface area contributed by atoms with Gasteiger partial charge in [0.15, 0.2) is 0 Å². The summed E-state index contributed by atoms with van der Waals surface area (Å²) in [7, 11) is 0. The first-order valence-electron chi connectivity index (χ1n) is 5.36. The summed E-state index contributed by atoms with van der Waals surface area (Å²) in [6.45, 7) is 0.701. The van der Waals surface area contributed by atoms with Crippen molar-refractivity contribution in [2.75, 3.05) is 0 Å². The third-order valence-corrected chi connectivity index (χ3v) is 4.02. The molecule has 3 aromatic rings. The molecule has 0 saturated carbocycles. The first-order chi connectivity index (χ1) is 8.79. The number of thiazole rings is 1. The molecule has 0 aliphatic heterocycles. The molecular formula is C12H9Cl2N3S. The van der Waals surface area contributed by atoms with Crippen molar-refractivity contribution < 1.29 is 0 Å². The Morgan fingerprint density at radius 1 is 1.33 bits per heavy atom. The lowest BCUT2D eigenvalue weighted by atomic mass is 10.3. The standard InChI is InChI=1S/C12H9Cl2N3S/c13-4-11-16-10-3-1-2-9(14)12(10)17(11)6-8-5-15-7-18-8/h1-3,5,7H,4,6H2. The number of halogens is 2. The van der Waals surface area contributed by atoms with E-state index in [-0.39, 0.29) is 0 Å². The molecule has 0 aliphatic rings. The van der Waals surface area contributed by atoms with Crippen LogP contribution in [0, 0.1) is 0 Å². The van der Waals surface area contributed by atoms with Gasteiger partial charge in [0.25, 0.3) is 0 Å². The molecule has 18 heavy (non-hydrogen) atoms. The highest BCUT2D eigenvalue weighted by Gasteiger charge is 2.13. The van der Waals surface area contributed by atoms with Crippen molar-refractivity contribution in [3.8, 4) is 0 Å². The third kappa shape index (κ3) is 2.00. The monoisotopic (exact) mass is 297 g/mol. The van der Waals surface area contributed by atoms with Gasteiger partial charge in [-0.15, -0.1) is 22.9 Å². The van der Waals surface area contributed by atoms with Crippen molar-refractivity contribution in [2.24, 2.45) is 0 Å². The van der Waals surface area contributed by atoms with E-state index >= 15 is 0 Å². The van der Waals surface area contributed by atoms with E-state index in [9.17, 15) is 0 Å². The molecular weight excluding hydrogens is 289 g/mol. The van der Waals surface area contributed by atoms with Crippen LogP contribution in [-0.4, -0.2) is 14.5 Å². The van der Waals surface area contributed by atoms with Gasteiger partial charge in [-0.2, -0.15) is 0 Å². The summed E-state index contributed by atoms with van der Waals surface area (Å²) in [5.41, 5.74) is 3.63. The number of alkyl halides is 1. The molecule has 0 spiro atoms. The van der Waals surface area contributed by atoms with Crippen molar-refractivity contribution >= 4 is 45.6 Å². The summed E-state index contributed by atoms with van der Waals surface area (Å²) in [5, 5.41) is 0.695. The van der Waals surface area contributed by atoms with Crippen LogP contribution in [-0.2, 0) is 12.4 Å². The predicted molar refractivity (Wildman–Crippen MR) is 75.5 cm³/mol. The number of hydrogen-bond acceptors (Lipinski definition) is 3. The maximum Gasteiger partial charge on any atom is 0.125 e. The van der Waals surface area contributed by atoms with Gasteiger partial charge in [0.05, 0.1) is 34.0 Å². The minimum absolute atomic E-state index is 0.365. The number of imidazole rings is 1. The van der Waals surface area contributed by atoms with E-state index in [1.54, 1.807) is 11.3 Å². The summed E-state index contributed by atoms with van der Waals surface area (Å²) < 4.78 is 2.05. The molecule has 92 valence electrons. The third-order valence-electron chi connectivity index (χ3n) is 2.71. The molecule has 2 heterocycles. The fraction of sp³-hybridized carbons (Fsp3) is 0.167. The van der Waals surface area contributed by atoms with Gasteiger partial charge in [0, 0.05) is 11.1 Å². The average Bonchev–Trinajstić information content (AvgIpc) is 2.98. The van der Waals surface area contributed by atoms with E-state index in [0.717, 1.165) is 21.7 Å². The SMILES string of the molecule is ClCc1nc2cccc(Cl)c2n1Cc1cncs1. The molecule has 0 fully saturated rings. The number of benzene rings is 1. The van der Waals surface area contributed by atoms with Crippen LogP contribution in [0.15, 0.2) is 29.9 Å². The molecule has 2 aromatic heterocycles. The van der Waals surface area contributed by atoms with Crippen LogP contribution in [0.2, 0.25) is 5.02 Å². The Bertz CT molecular complexity index is 676.